The molecule has 0 radical (unpaired) electrons. The molecular formula is C30H39N3O5. The molecule has 1 fully saturated rings. The van der Waals surface area contributed by atoms with Crippen LogP contribution in [0.15, 0.2) is 55.1 Å². The van der Waals surface area contributed by atoms with Crippen LogP contribution in [0.1, 0.15) is 64.6 Å². The molecular weight excluding hydrogens is 482 g/mol. The van der Waals surface area contributed by atoms with Gasteiger partial charge in [0.05, 0.1) is 7.11 Å². The molecule has 0 heterocycles. The van der Waals surface area contributed by atoms with E-state index in [4.69, 9.17) is 9.47 Å². The zero-order chi connectivity index (χ0) is 28.0. The summed E-state index contributed by atoms with van der Waals surface area (Å²) in [7, 11) is 1.58. The lowest BCUT2D eigenvalue weighted by molar-refractivity contribution is -0.142. The molecule has 2 N–H and O–H groups in total. The van der Waals surface area contributed by atoms with Gasteiger partial charge >= 0.3 is 6.09 Å². The fourth-order valence-electron chi connectivity index (χ4n) is 4.16. The second-order valence-corrected chi connectivity index (χ2v) is 10.8. The van der Waals surface area contributed by atoms with Crippen molar-refractivity contribution in [2.45, 2.75) is 71.2 Å². The molecule has 1 saturated carbocycles. The summed E-state index contributed by atoms with van der Waals surface area (Å²) >= 11 is 0. The number of hydrogen-bond acceptors (Lipinski definition) is 5. The molecule has 1 aliphatic carbocycles. The minimum Gasteiger partial charge on any atom is -0.497 e. The molecule has 0 spiro atoms. The van der Waals surface area contributed by atoms with Gasteiger partial charge in [-0.25, -0.2) is 4.79 Å². The lowest BCUT2D eigenvalue weighted by Crippen LogP contribution is -2.55. The molecule has 0 saturated heterocycles. The summed E-state index contributed by atoms with van der Waals surface area (Å²) in [5, 5.41) is 5.71. The second kappa shape index (κ2) is 12.2. The van der Waals surface area contributed by atoms with Gasteiger partial charge in [-0.3, -0.25) is 9.59 Å². The number of anilines is 1. The minimum absolute atomic E-state index is 0.122. The van der Waals surface area contributed by atoms with Crippen LogP contribution in [0, 0.1) is 5.92 Å². The summed E-state index contributed by atoms with van der Waals surface area (Å²) < 4.78 is 10.6. The molecule has 2 atom stereocenters. The zero-order valence-corrected chi connectivity index (χ0v) is 23.1. The van der Waals surface area contributed by atoms with Gasteiger partial charge in [0.15, 0.2) is 0 Å². The molecule has 3 rings (SSSR count). The predicted octanol–water partition coefficient (Wildman–Crippen LogP) is 5.56. The van der Waals surface area contributed by atoms with E-state index >= 15 is 0 Å². The van der Waals surface area contributed by atoms with Gasteiger partial charge in [0, 0.05) is 11.7 Å². The first kappa shape index (κ1) is 28.8. The van der Waals surface area contributed by atoms with Crippen molar-refractivity contribution in [3.63, 3.8) is 0 Å². The maximum Gasteiger partial charge on any atom is 0.408 e. The van der Waals surface area contributed by atoms with Gasteiger partial charge in [0.25, 0.3) is 5.91 Å². The number of rotatable bonds is 10. The molecule has 8 nitrogen and oxygen atoms in total. The van der Waals surface area contributed by atoms with E-state index in [1.54, 1.807) is 63.1 Å². The van der Waals surface area contributed by atoms with Crippen molar-refractivity contribution in [2.75, 3.05) is 12.4 Å². The van der Waals surface area contributed by atoms with E-state index in [1.807, 2.05) is 38.1 Å². The third kappa shape index (κ3) is 7.60. The summed E-state index contributed by atoms with van der Waals surface area (Å²) in [5.74, 6) is -0.245. The Labute approximate surface area is 225 Å². The topological polar surface area (TPSA) is 97.0 Å². The monoisotopic (exact) mass is 521 g/mol. The summed E-state index contributed by atoms with van der Waals surface area (Å²) in [6.45, 7) is 12.9. The number of amides is 3. The lowest BCUT2D eigenvalue weighted by Gasteiger charge is -2.36. The summed E-state index contributed by atoms with van der Waals surface area (Å²) in [6.07, 6.45) is 2.58. The van der Waals surface area contributed by atoms with Crippen molar-refractivity contribution >= 4 is 29.7 Å². The zero-order valence-electron chi connectivity index (χ0n) is 23.1. The van der Waals surface area contributed by atoms with Gasteiger partial charge in [0.2, 0.25) is 5.91 Å². The van der Waals surface area contributed by atoms with Crippen molar-refractivity contribution in [3.8, 4) is 5.75 Å². The van der Waals surface area contributed by atoms with Crippen molar-refractivity contribution in [3.05, 3.63) is 66.2 Å². The van der Waals surface area contributed by atoms with Crippen LogP contribution in [0.25, 0.3) is 6.08 Å². The Morgan fingerprint density at radius 2 is 1.74 bits per heavy atom. The summed E-state index contributed by atoms with van der Waals surface area (Å²) in [6, 6.07) is 12.5. The first-order valence-electron chi connectivity index (χ1n) is 12.9. The number of methoxy groups -OCH3 is 1. The molecule has 204 valence electrons. The van der Waals surface area contributed by atoms with E-state index in [0.717, 1.165) is 18.4 Å². The Bertz CT molecular complexity index is 1150. The highest BCUT2D eigenvalue weighted by Crippen LogP contribution is 2.37. The van der Waals surface area contributed by atoms with Crippen LogP contribution in [0.3, 0.4) is 0 Å². The maximum absolute atomic E-state index is 14.1. The molecule has 2 unspecified atom stereocenters. The van der Waals surface area contributed by atoms with Gasteiger partial charge in [-0.2, -0.15) is 0 Å². The molecule has 0 aliphatic heterocycles. The van der Waals surface area contributed by atoms with Crippen LogP contribution >= 0.6 is 0 Å². The molecule has 38 heavy (non-hydrogen) atoms. The van der Waals surface area contributed by atoms with E-state index in [9.17, 15) is 14.4 Å². The number of carbonyl (C=O) groups excluding carboxylic acids is 3. The smallest absolute Gasteiger partial charge is 0.408 e. The first-order chi connectivity index (χ1) is 17.9. The highest BCUT2D eigenvalue weighted by Gasteiger charge is 2.44. The lowest BCUT2D eigenvalue weighted by atomic mass is 9.97. The van der Waals surface area contributed by atoms with Gasteiger partial charge in [-0.05, 0) is 81.0 Å². The highest BCUT2D eigenvalue weighted by molar-refractivity contribution is 5.99. The van der Waals surface area contributed by atoms with E-state index in [1.165, 1.54) is 0 Å². The Morgan fingerprint density at radius 1 is 1.08 bits per heavy atom. The molecule has 1 aliphatic rings. The largest absolute Gasteiger partial charge is 0.497 e. The Kier molecular flexibility index (Phi) is 9.20. The van der Waals surface area contributed by atoms with Crippen LogP contribution in [-0.4, -0.2) is 47.6 Å². The normalized spacial score (nSPS) is 14.7. The van der Waals surface area contributed by atoms with Crippen LogP contribution in [0.2, 0.25) is 0 Å². The van der Waals surface area contributed by atoms with Crippen LogP contribution in [-0.2, 0) is 14.3 Å². The highest BCUT2D eigenvalue weighted by atomic mass is 16.6. The van der Waals surface area contributed by atoms with Gasteiger partial charge in [-0.15, -0.1) is 0 Å². The number of hydrogen-bond donors (Lipinski definition) is 2. The molecule has 0 aromatic heterocycles. The molecule has 0 bridgehead atoms. The van der Waals surface area contributed by atoms with Crippen LogP contribution < -0.4 is 15.4 Å². The van der Waals surface area contributed by atoms with Gasteiger partial charge in [0.1, 0.15) is 23.4 Å². The van der Waals surface area contributed by atoms with Crippen molar-refractivity contribution in [1.29, 1.82) is 0 Å². The SMILES string of the molecule is C=Cc1cccc(C(C(=O)Nc2ccc(OC)cc2)N(C(=O)C(NC(=O)OC(C)(C)C)C(C)C)C2CC2)c1. The van der Waals surface area contributed by atoms with Crippen LogP contribution in [0.4, 0.5) is 10.5 Å². The Morgan fingerprint density at radius 3 is 2.26 bits per heavy atom. The average Bonchev–Trinajstić information content (AvgIpc) is 3.69. The minimum atomic E-state index is -0.918. The van der Waals surface area contributed by atoms with Crippen molar-refractivity contribution in [1.82, 2.24) is 10.2 Å². The average molecular weight is 522 g/mol. The molecule has 8 heteroatoms. The fraction of sp³-hybridized carbons (Fsp3) is 0.433. The van der Waals surface area contributed by atoms with E-state index in [2.05, 4.69) is 17.2 Å². The second-order valence-electron chi connectivity index (χ2n) is 10.8. The van der Waals surface area contributed by atoms with Crippen molar-refractivity contribution < 1.29 is 23.9 Å². The van der Waals surface area contributed by atoms with E-state index in [-0.39, 0.29) is 23.8 Å². The molecule has 3 amide bonds. The van der Waals surface area contributed by atoms with Gasteiger partial charge in [-0.1, -0.05) is 44.7 Å². The predicted molar refractivity (Wildman–Crippen MR) is 149 cm³/mol. The number of nitrogens with one attached hydrogen (secondary N) is 2. The fourth-order valence-corrected chi connectivity index (χ4v) is 4.16. The Hall–Kier alpha value is -3.81. The van der Waals surface area contributed by atoms with E-state index in [0.29, 0.717) is 17.0 Å². The first-order valence-corrected chi connectivity index (χ1v) is 12.9. The maximum atomic E-state index is 14.1. The third-order valence-electron chi connectivity index (χ3n) is 6.15. The molecule has 2 aromatic rings. The van der Waals surface area contributed by atoms with Crippen molar-refractivity contribution in [2.24, 2.45) is 5.92 Å². The number of alkyl carbamates (subject to hydrolysis) is 1. The van der Waals surface area contributed by atoms with Crippen LogP contribution in [0.5, 0.6) is 5.75 Å². The summed E-state index contributed by atoms with van der Waals surface area (Å²) in [5.41, 5.74) is 1.36. The number of ether oxygens (including phenoxy) is 2. The van der Waals surface area contributed by atoms with E-state index < -0.39 is 23.8 Å². The number of carbonyl (C=O) groups is 3. The Balaban J connectivity index is 1.99. The van der Waals surface area contributed by atoms with Gasteiger partial charge < -0.3 is 25.0 Å². The number of nitrogens with zero attached hydrogens (tertiary/aromatic N) is 1. The quantitative estimate of drug-likeness (QED) is 0.427. The standard InChI is InChI=1S/C30H39N3O5/c1-8-20-10-9-11-21(18-20)26(27(34)31-22-12-16-24(37-7)17-13-22)33(23-14-15-23)28(35)25(19(2)3)32-29(36)38-30(4,5)6/h8-13,16-19,23,25-26H,1,14-15H2,2-7H3,(H,31,34)(H,32,36). The third-order valence-corrected chi connectivity index (χ3v) is 6.15. The molecule has 2 aromatic carbocycles. The number of benzene rings is 2. The summed E-state index contributed by atoms with van der Waals surface area (Å²) in [4.78, 5) is 42.2.